The number of para-hydroxylation sites is 1. The second-order valence-electron chi connectivity index (χ2n) is 8.85. The van der Waals surface area contributed by atoms with E-state index in [1.165, 1.54) is 51.6 Å². The van der Waals surface area contributed by atoms with Crippen LogP contribution in [0.15, 0.2) is 23.2 Å². The van der Waals surface area contributed by atoms with Gasteiger partial charge < -0.3 is 25.0 Å². The predicted molar refractivity (Wildman–Crippen MR) is 137 cm³/mol. The van der Waals surface area contributed by atoms with Crippen LogP contribution in [-0.4, -0.2) is 55.8 Å². The summed E-state index contributed by atoms with van der Waals surface area (Å²) in [6.07, 6.45) is 10.2. The van der Waals surface area contributed by atoms with Crippen LogP contribution >= 0.6 is 24.0 Å². The van der Waals surface area contributed by atoms with Crippen LogP contribution < -0.4 is 20.1 Å². The Hall–Kier alpha value is -1.22. The van der Waals surface area contributed by atoms with Crippen LogP contribution in [0.5, 0.6) is 11.5 Å². The molecule has 3 fully saturated rings. The van der Waals surface area contributed by atoms with Gasteiger partial charge in [0, 0.05) is 37.3 Å². The highest BCUT2D eigenvalue weighted by molar-refractivity contribution is 14.0. The largest absolute Gasteiger partial charge is 0.493 e. The van der Waals surface area contributed by atoms with Gasteiger partial charge in [-0.1, -0.05) is 12.1 Å². The molecule has 1 aromatic carbocycles. The van der Waals surface area contributed by atoms with E-state index in [9.17, 15) is 0 Å². The Morgan fingerprint density at radius 1 is 1.10 bits per heavy atom. The summed E-state index contributed by atoms with van der Waals surface area (Å²) < 4.78 is 12.0. The van der Waals surface area contributed by atoms with E-state index < -0.39 is 0 Å². The van der Waals surface area contributed by atoms with Crippen LogP contribution in [0.1, 0.15) is 63.9 Å². The fourth-order valence-corrected chi connectivity index (χ4v) is 4.68. The fourth-order valence-electron chi connectivity index (χ4n) is 4.68. The molecular weight excluding hydrogens is 503 g/mol. The number of rotatable bonds is 8. The number of benzene rings is 1. The number of nitrogens with zero attached hydrogens (tertiary/aromatic N) is 2. The molecule has 0 atom stereocenters. The third-order valence-electron chi connectivity index (χ3n) is 6.55. The zero-order valence-corrected chi connectivity index (χ0v) is 21.4. The molecule has 2 saturated carbocycles. The molecule has 31 heavy (non-hydrogen) atoms. The average molecular weight is 543 g/mol. The molecule has 7 heteroatoms. The van der Waals surface area contributed by atoms with Gasteiger partial charge in [0.15, 0.2) is 17.5 Å². The number of nitrogens with one attached hydrogen (secondary N) is 2. The summed E-state index contributed by atoms with van der Waals surface area (Å²) in [5, 5.41) is 7.09. The van der Waals surface area contributed by atoms with Crippen molar-refractivity contribution in [2.45, 2.75) is 83.0 Å². The monoisotopic (exact) mass is 542 g/mol. The van der Waals surface area contributed by atoms with E-state index in [-0.39, 0.29) is 24.0 Å². The van der Waals surface area contributed by atoms with Crippen molar-refractivity contribution in [3.8, 4) is 11.5 Å². The van der Waals surface area contributed by atoms with Gasteiger partial charge in [-0.15, -0.1) is 24.0 Å². The predicted octanol–water partition coefficient (Wildman–Crippen LogP) is 4.32. The summed E-state index contributed by atoms with van der Waals surface area (Å²) >= 11 is 0. The van der Waals surface area contributed by atoms with Crippen molar-refractivity contribution in [1.82, 2.24) is 15.5 Å². The van der Waals surface area contributed by atoms with Crippen LogP contribution in [0.4, 0.5) is 0 Å². The molecule has 0 aromatic heterocycles. The highest BCUT2D eigenvalue weighted by atomic mass is 127. The Labute approximate surface area is 204 Å². The van der Waals surface area contributed by atoms with E-state index in [0.717, 1.165) is 48.5 Å². The quantitative estimate of drug-likeness (QED) is 0.291. The standard InChI is InChI=1S/C24H38N4O2.HI/c1-3-25-24(27-19-13-15-28(16-14-19)20-11-12-20)26-17-18-7-6-10-22(29-2)23(18)30-21-8-4-5-9-21;/h6-7,10,19-21H,3-5,8-9,11-17H2,1-2H3,(H2,25,26,27);1H. The Balaban J connectivity index is 0.00000272. The topological polar surface area (TPSA) is 58.1 Å². The van der Waals surface area contributed by atoms with Gasteiger partial charge in [-0.2, -0.15) is 0 Å². The van der Waals surface area contributed by atoms with Crippen molar-refractivity contribution in [2.75, 3.05) is 26.7 Å². The number of ether oxygens (including phenoxy) is 2. The van der Waals surface area contributed by atoms with Gasteiger partial charge in [-0.3, -0.25) is 0 Å². The molecule has 0 spiro atoms. The van der Waals surface area contributed by atoms with E-state index in [4.69, 9.17) is 14.5 Å². The summed E-state index contributed by atoms with van der Waals surface area (Å²) in [6.45, 7) is 5.97. The molecule has 3 aliphatic rings. The van der Waals surface area contributed by atoms with Crippen LogP contribution in [-0.2, 0) is 6.54 Å². The number of methoxy groups -OCH3 is 1. The maximum absolute atomic E-state index is 6.37. The average Bonchev–Trinajstić information content (AvgIpc) is 3.50. The summed E-state index contributed by atoms with van der Waals surface area (Å²) in [5.41, 5.74) is 1.09. The first-order chi connectivity index (χ1) is 14.8. The lowest BCUT2D eigenvalue weighted by Crippen LogP contribution is -2.49. The maximum atomic E-state index is 6.37. The zero-order valence-electron chi connectivity index (χ0n) is 19.1. The molecule has 1 heterocycles. The molecule has 4 rings (SSSR count). The molecule has 1 saturated heterocycles. The van der Waals surface area contributed by atoms with E-state index >= 15 is 0 Å². The zero-order chi connectivity index (χ0) is 20.8. The Morgan fingerprint density at radius 2 is 1.84 bits per heavy atom. The lowest BCUT2D eigenvalue weighted by Gasteiger charge is -2.33. The second-order valence-corrected chi connectivity index (χ2v) is 8.85. The smallest absolute Gasteiger partial charge is 0.191 e. The number of hydrogen-bond donors (Lipinski definition) is 2. The van der Waals surface area contributed by atoms with Gasteiger partial charge in [0.25, 0.3) is 0 Å². The number of hydrogen-bond acceptors (Lipinski definition) is 4. The number of halogens is 1. The molecule has 0 radical (unpaired) electrons. The minimum Gasteiger partial charge on any atom is -0.493 e. The van der Waals surface area contributed by atoms with Crippen molar-refractivity contribution >= 4 is 29.9 Å². The summed E-state index contributed by atoms with van der Waals surface area (Å²) in [5.74, 6) is 2.57. The Morgan fingerprint density at radius 3 is 2.48 bits per heavy atom. The summed E-state index contributed by atoms with van der Waals surface area (Å²) in [6, 6.07) is 7.48. The van der Waals surface area contributed by atoms with Gasteiger partial charge in [-0.25, -0.2) is 4.99 Å². The van der Waals surface area contributed by atoms with Crippen LogP contribution in [0.3, 0.4) is 0 Å². The minimum atomic E-state index is 0. The van der Waals surface area contributed by atoms with Crippen molar-refractivity contribution in [2.24, 2.45) is 4.99 Å². The molecule has 2 N–H and O–H groups in total. The van der Waals surface area contributed by atoms with E-state index in [1.807, 2.05) is 12.1 Å². The molecule has 0 amide bonds. The van der Waals surface area contributed by atoms with Crippen molar-refractivity contribution in [1.29, 1.82) is 0 Å². The van der Waals surface area contributed by atoms with Crippen LogP contribution in [0.2, 0.25) is 0 Å². The molecule has 1 aliphatic heterocycles. The van der Waals surface area contributed by atoms with Crippen LogP contribution in [0.25, 0.3) is 0 Å². The lowest BCUT2D eigenvalue weighted by molar-refractivity contribution is 0.197. The van der Waals surface area contributed by atoms with Gasteiger partial charge in [0.05, 0.1) is 19.8 Å². The third kappa shape index (κ3) is 6.88. The van der Waals surface area contributed by atoms with Gasteiger partial charge >= 0.3 is 0 Å². The fraction of sp³-hybridized carbons (Fsp3) is 0.708. The number of likely N-dealkylation sites (tertiary alicyclic amines) is 1. The SMILES string of the molecule is CCNC(=NCc1cccc(OC)c1OC1CCCC1)NC1CCN(C2CC2)CC1.I. The molecule has 1 aromatic rings. The Kier molecular flexibility index (Phi) is 9.56. The molecule has 0 unspecified atom stereocenters. The maximum Gasteiger partial charge on any atom is 0.191 e. The van der Waals surface area contributed by atoms with Crippen molar-refractivity contribution < 1.29 is 9.47 Å². The lowest BCUT2D eigenvalue weighted by atomic mass is 10.1. The Bertz CT molecular complexity index is 712. The van der Waals surface area contributed by atoms with E-state index in [0.29, 0.717) is 18.7 Å². The van der Waals surface area contributed by atoms with Crippen molar-refractivity contribution in [3.63, 3.8) is 0 Å². The molecule has 2 aliphatic carbocycles. The van der Waals surface area contributed by atoms with E-state index in [2.05, 4.69) is 28.5 Å². The number of guanidine groups is 1. The molecular formula is C24H39IN4O2. The van der Waals surface area contributed by atoms with Gasteiger partial charge in [0.2, 0.25) is 0 Å². The molecule has 0 bridgehead atoms. The first-order valence-corrected chi connectivity index (χ1v) is 11.9. The summed E-state index contributed by atoms with van der Waals surface area (Å²) in [7, 11) is 1.71. The van der Waals surface area contributed by atoms with Crippen LogP contribution in [0, 0.1) is 0 Å². The first kappa shape index (κ1) is 24.4. The highest BCUT2D eigenvalue weighted by Crippen LogP contribution is 2.35. The first-order valence-electron chi connectivity index (χ1n) is 11.9. The number of piperidine rings is 1. The summed E-state index contributed by atoms with van der Waals surface area (Å²) in [4.78, 5) is 7.56. The highest BCUT2D eigenvalue weighted by Gasteiger charge is 2.32. The van der Waals surface area contributed by atoms with E-state index in [1.54, 1.807) is 7.11 Å². The second kappa shape index (κ2) is 12.1. The number of aliphatic imine (C=N–C) groups is 1. The van der Waals surface area contributed by atoms with Gasteiger partial charge in [0.1, 0.15) is 0 Å². The third-order valence-corrected chi connectivity index (χ3v) is 6.55. The molecule has 6 nitrogen and oxygen atoms in total. The minimum absolute atomic E-state index is 0. The molecule has 174 valence electrons. The van der Waals surface area contributed by atoms with Gasteiger partial charge in [-0.05, 0) is 64.4 Å². The van der Waals surface area contributed by atoms with Crippen molar-refractivity contribution in [3.05, 3.63) is 23.8 Å². The normalized spacial score (nSPS) is 20.9.